The molecule has 2 amide bonds. The Kier molecular flexibility index (Phi) is 4.63. The normalized spacial score (nSPS) is 16.6. The molecule has 2 saturated heterocycles. The van der Waals surface area contributed by atoms with Gasteiger partial charge in [0.2, 0.25) is 11.7 Å². The number of rotatable bonds is 4. The summed E-state index contributed by atoms with van der Waals surface area (Å²) in [6.07, 6.45) is 3.84. The highest BCUT2D eigenvalue weighted by Crippen LogP contribution is 2.43. The molecule has 3 aromatic rings. The van der Waals surface area contributed by atoms with Crippen molar-refractivity contribution in [3.05, 3.63) is 47.9 Å². The lowest BCUT2D eigenvalue weighted by Gasteiger charge is -2.47. The van der Waals surface area contributed by atoms with Crippen LogP contribution in [-0.2, 0) is 4.79 Å². The topological polar surface area (TPSA) is 145 Å². The fraction of sp³-hybridized carbons (Fsp3) is 0.304. The van der Waals surface area contributed by atoms with E-state index < -0.39 is 5.91 Å². The molecule has 0 aliphatic carbocycles. The molecule has 0 saturated carbocycles. The molecule has 33 heavy (non-hydrogen) atoms. The number of carbonyl (C=O) groups is 2. The maximum absolute atomic E-state index is 12.1. The third kappa shape index (κ3) is 3.20. The zero-order valence-electron chi connectivity index (χ0n) is 18.1. The van der Waals surface area contributed by atoms with E-state index in [1.807, 2.05) is 24.0 Å². The van der Waals surface area contributed by atoms with Crippen LogP contribution in [-0.4, -0.2) is 63.1 Å². The quantitative estimate of drug-likeness (QED) is 0.583. The lowest BCUT2D eigenvalue weighted by Crippen LogP contribution is -2.59. The average molecular weight is 442 g/mol. The first-order valence-corrected chi connectivity index (χ1v) is 10.6. The van der Waals surface area contributed by atoms with Crippen molar-refractivity contribution >= 4 is 28.5 Å². The monoisotopic (exact) mass is 442 g/mol. The first kappa shape index (κ1) is 20.6. The Morgan fingerprint density at radius 3 is 2.79 bits per heavy atom. The van der Waals surface area contributed by atoms with E-state index in [2.05, 4.69) is 32.8 Å². The van der Waals surface area contributed by atoms with Gasteiger partial charge in [0, 0.05) is 42.5 Å². The third-order valence-corrected chi connectivity index (χ3v) is 6.57. The Balaban J connectivity index is 1.60. The summed E-state index contributed by atoms with van der Waals surface area (Å²) < 4.78 is 0. The first-order chi connectivity index (χ1) is 15.9. The molecular weight excluding hydrogens is 420 g/mol. The zero-order chi connectivity index (χ0) is 23.3. The number of nitrogens with one attached hydrogen (secondary N) is 1. The van der Waals surface area contributed by atoms with Gasteiger partial charge in [-0.05, 0) is 31.1 Å². The van der Waals surface area contributed by atoms with Crippen LogP contribution in [0.25, 0.3) is 22.2 Å². The fourth-order valence-corrected chi connectivity index (χ4v) is 4.93. The second kappa shape index (κ2) is 7.41. The van der Waals surface area contributed by atoms with E-state index in [1.165, 1.54) is 6.08 Å². The second-order valence-corrected chi connectivity index (χ2v) is 8.73. The molecule has 2 aliphatic rings. The molecule has 2 aliphatic heterocycles. The lowest BCUT2D eigenvalue weighted by atomic mass is 9.79. The van der Waals surface area contributed by atoms with E-state index in [4.69, 9.17) is 5.73 Å². The first-order valence-electron chi connectivity index (χ1n) is 10.6. The number of primary amides is 1. The number of carbonyl (C=O) groups excluding carboxylic acids is 2. The number of likely N-dealkylation sites (tertiary alicyclic amines) is 1. The number of nitrogens with two attached hydrogens (primary N) is 1. The predicted molar refractivity (Wildman–Crippen MR) is 121 cm³/mol. The smallest absolute Gasteiger partial charge is 0.286 e. The Morgan fingerprint density at radius 2 is 2.09 bits per heavy atom. The van der Waals surface area contributed by atoms with E-state index in [0.29, 0.717) is 43.3 Å². The molecule has 0 bridgehead atoms. The zero-order valence-corrected chi connectivity index (χ0v) is 18.1. The van der Waals surface area contributed by atoms with Crippen LogP contribution in [0.1, 0.15) is 28.2 Å². The number of aromatic nitrogens is 4. The number of nitriles is 1. The number of hydrogen-bond donors (Lipinski definition) is 2. The van der Waals surface area contributed by atoms with E-state index in [9.17, 15) is 14.9 Å². The summed E-state index contributed by atoms with van der Waals surface area (Å²) in [7, 11) is 0. The van der Waals surface area contributed by atoms with Gasteiger partial charge < -0.3 is 15.5 Å². The van der Waals surface area contributed by atoms with Crippen molar-refractivity contribution in [3.63, 3.8) is 0 Å². The van der Waals surface area contributed by atoms with Crippen LogP contribution in [0.3, 0.4) is 0 Å². The lowest BCUT2D eigenvalue weighted by molar-refractivity contribution is -0.136. The maximum Gasteiger partial charge on any atom is 0.286 e. The van der Waals surface area contributed by atoms with E-state index >= 15 is 0 Å². The molecule has 4 heterocycles. The molecule has 3 N–H and O–H groups in total. The van der Waals surface area contributed by atoms with Crippen molar-refractivity contribution in [1.29, 1.82) is 5.26 Å². The van der Waals surface area contributed by atoms with Crippen LogP contribution < -0.4 is 10.6 Å². The van der Waals surface area contributed by atoms with Gasteiger partial charge in [-0.3, -0.25) is 14.7 Å². The van der Waals surface area contributed by atoms with Crippen molar-refractivity contribution < 1.29 is 9.59 Å². The van der Waals surface area contributed by atoms with E-state index in [0.717, 1.165) is 22.9 Å². The van der Waals surface area contributed by atoms with Gasteiger partial charge in [-0.15, -0.1) is 0 Å². The van der Waals surface area contributed by atoms with Crippen LogP contribution in [0, 0.1) is 23.7 Å². The Bertz CT molecular complexity index is 1360. The van der Waals surface area contributed by atoms with Crippen molar-refractivity contribution in [2.24, 2.45) is 11.1 Å². The molecule has 0 radical (unpaired) electrons. The molecule has 0 unspecified atom stereocenters. The number of nitrogens with zero attached hydrogens (tertiary/aromatic N) is 6. The van der Waals surface area contributed by atoms with Crippen LogP contribution in [0.2, 0.25) is 0 Å². The van der Waals surface area contributed by atoms with Crippen LogP contribution in [0.15, 0.2) is 31.0 Å². The highest BCUT2D eigenvalue weighted by Gasteiger charge is 2.49. The largest absolute Gasteiger partial charge is 0.363 e. The molecule has 1 aromatic carbocycles. The van der Waals surface area contributed by atoms with Gasteiger partial charge in [0.1, 0.15) is 11.6 Å². The van der Waals surface area contributed by atoms with E-state index in [-0.39, 0.29) is 22.7 Å². The number of amides is 2. The number of aryl methyl sites for hydroxylation is 1. The van der Waals surface area contributed by atoms with Gasteiger partial charge >= 0.3 is 0 Å². The molecule has 10 nitrogen and oxygen atoms in total. The van der Waals surface area contributed by atoms with Crippen LogP contribution in [0.4, 0.5) is 5.82 Å². The molecule has 10 heteroatoms. The Morgan fingerprint density at radius 1 is 1.30 bits per heavy atom. The summed E-state index contributed by atoms with van der Waals surface area (Å²) in [5.74, 6) is -0.599. The SMILES string of the molecule is C=CC(=O)N1CC2(CCN(c3nc(C(N)=O)nc(-c4c(C)ccc5[nH]ncc45)c3C#N)C2)C1. The van der Waals surface area contributed by atoms with Crippen molar-refractivity contribution in [1.82, 2.24) is 25.1 Å². The fourth-order valence-electron chi connectivity index (χ4n) is 4.93. The molecule has 5 rings (SSSR count). The summed E-state index contributed by atoms with van der Waals surface area (Å²) in [6.45, 7) is 7.99. The van der Waals surface area contributed by atoms with Gasteiger partial charge in [-0.25, -0.2) is 9.97 Å². The second-order valence-electron chi connectivity index (χ2n) is 8.73. The molecule has 1 spiro atoms. The van der Waals surface area contributed by atoms with Crippen molar-refractivity contribution in [2.75, 3.05) is 31.1 Å². The summed E-state index contributed by atoms with van der Waals surface area (Å²) in [5, 5.41) is 18.0. The third-order valence-electron chi connectivity index (χ3n) is 6.57. The summed E-state index contributed by atoms with van der Waals surface area (Å²) in [6, 6.07) is 6.08. The number of hydrogen-bond acceptors (Lipinski definition) is 7. The van der Waals surface area contributed by atoms with Gasteiger partial charge in [-0.2, -0.15) is 10.4 Å². The minimum absolute atomic E-state index is 0.0656. The van der Waals surface area contributed by atoms with Gasteiger partial charge in [0.15, 0.2) is 5.82 Å². The van der Waals surface area contributed by atoms with Gasteiger partial charge in [-0.1, -0.05) is 12.6 Å². The van der Waals surface area contributed by atoms with Crippen molar-refractivity contribution in [2.45, 2.75) is 13.3 Å². The number of benzene rings is 1. The highest BCUT2D eigenvalue weighted by atomic mass is 16.2. The summed E-state index contributed by atoms with van der Waals surface area (Å²) in [4.78, 5) is 36.6. The summed E-state index contributed by atoms with van der Waals surface area (Å²) in [5.41, 5.74) is 8.54. The number of fused-ring (bicyclic) bond motifs is 1. The molecule has 0 atom stereocenters. The Hall–Kier alpha value is -4.26. The average Bonchev–Trinajstić information content (AvgIpc) is 3.44. The molecule has 2 aromatic heterocycles. The molecule has 2 fully saturated rings. The number of H-pyrrole nitrogens is 1. The predicted octanol–water partition coefficient (Wildman–Crippen LogP) is 1.52. The van der Waals surface area contributed by atoms with Crippen molar-refractivity contribution in [3.8, 4) is 17.3 Å². The number of aromatic amines is 1. The van der Waals surface area contributed by atoms with Gasteiger partial charge in [0.25, 0.3) is 5.91 Å². The highest BCUT2D eigenvalue weighted by molar-refractivity contribution is 5.98. The molecule has 166 valence electrons. The van der Waals surface area contributed by atoms with Gasteiger partial charge in [0.05, 0.1) is 17.4 Å². The Labute approximate surface area is 189 Å². The minimum Gasteiger partial charge on any atom is -0.363 e. The van der Waals surface area contributed by atoms with Crippen LogP contribution >= 0.6 is 0 Å². The number of anilines is 1. The van der Waals surface area contributed by atoms with Crippen LogP contribution in [0.5, 0.6) is 0 Å². The maximum atomic E-state index is 12.1. The summed E-state index contributed by atoms with van der Waals surface area (Å²) >= 11 is 0. The van der Waals surface area contributed by atoms with E-state index in [1.54, 1.807) is 11.1 Å². The standard InChI is InChI=1S/C23H22N8O2/c1-3-17(32)31-11-23(12-31)6-7-30(10-23)22-14(8-24)19(27-21(28-22)20(25)33)18-13(2)4-5-16-15(18)9-26-29-16/h3-5,9H,1,6-7,10-12H2,2H3,(H2,25,33)(H,26,29). The minimum atomic E-state index is -0.765. The molecular formula is C23H22N8O2.